The first-order valence-electron chi connectivity index (χ1n) is 4.37. The highest BCUT2D eigenvalue weighted by molar-refractivity contribution is 5.73. The maximum Gasteiger partial charge on any atom is 0.312 e. The highest BCUT2D eigenvalue weighted by Crippen LogP contribution is 2.22. The van der Waals surface area contributed by atoms with Gasteiger partial charge in [-0.1, -0.05) is 0 Å². The molecule has 0 aromatic rings. The molecule has 0 aliphatic carbocycles. The lowest BCUT2D eigenvalue weighted by Crippen LogP contribution is -2.26. The van der Waals surface area contributed by atoms with E-state index < -0.39 is 6.10 Å². The van der Waals surface area contributed by atoms with Crippen LogP contribution in [0.15, 0.2) is 0 Å². The van der Waals surface area contributed by atoms with E-state index in [2.05, 4.69) is 0 Å². The number of esters is 1. The van der Waals surface area contributed by atoms with Crippen LogP contribution in [0.25, 0.3) is 0 Å². The zero-order valence-electron chi connectivity index (χ0n) is 7.82. The lowest BCUT2D eigenvalue weighted by molar-refractivity contribution is -0.152. The smallest absolute Gasteiger partial charge is 0.312 e. The molecule has 0 aromatic carbocycles. The van der Waals surface area contributed by atoms with E-state index in [1.165, 1.54) is 0 Å². The molecule has 1 saturated heterocycles. The van der Waals surface area contributed by atoms with Crippen molar-refractivity contribution in [1.29, 1.82) is 5.26 Å². The van der Waals surface area contributed by atoms with Gasteiger partial charge in [0.1, 0.15) is 6.07 Å². The molecule has 3 atom stereocenters. The van der Waals surface area contributed by atoms with E-state index >= 15 is 0 Å². The van der Waals surface area contributed by atoms with E-state index in [0.29, 0.717) is 13.0 Å². The van der Waals surface area contributed by atoms with E-state index in [1.54, 1.807) is 6.92 Å². The molecule has 1 aliphatic heterocycles. The number of nitriles is 1. The molecule has 0 aromatic heterocycles. The summed E-state index contributed by atoms with van der Waals surface area (Å²) in [6.07, 6.45) is -0.0586. The highest BCUT2D eigenvalue weighted by atomic mass is 16.5. The van der Waals surface area contributed by atoms with E-state index in [9.17, 15) is 4.79 Å². The van der Waals surface area contributed by atoms with Crippen LogP contribution in [0.4, 0.5) is 0 Å². The van der Waals surface area contributed by atoms with Gasteiger partial charge in [0, 0.05) is 6.61 Å². The summed E-state index contributed by atoms with van der Waals surface area (Å²) in [6, 6.07) is 1.85. The third-order valence-electron chi connectivity index (χ3n) is 2.15. The summed E-state index contributed by atoms with van der Waals surface area (Å²) in [6.45, 7) is 4.00. The predicted molar refractivity (Wildman–Crippen MR) is 44.7 cm³/mol. The van der Waals surface area contributed by atoms with Gasteiger partial charge in [0.25, 0.3) is 0 Å². The van der Waals surface area contributed by atoms with E-state index in [4.69, 9.17) is 14.7 Å². The Morgan fingerprint density at radius 2 is 2.46 bits per heavy atom. The minimum Gasteiger partial charge on any atom is -0.447 e. The van der Waals surface area contributed by atoms with Gasteiger partial charge in [0.2, 0.25) is 0 Å². The first-order valence-corrected chi connectivity index (χ1v) is 4.37. The Balaban J connectivity index is 2.44. The van der Waals surface area contributed by atoms with Crippen molar-refractivity contribution in [2.75, 3.05) is 6.61 Å². The van der Waals surface area contributed by atoms with E-state index in [0.717, 1.165) is 0 Å². The summed E-state index contributed by atoms with van der Waals surface area (Å²) in [5.74, 6) is -0.519. The van der Waals surface area contributed by atoms with Crippen LogP contribution in [0, 0.1) is 17.2 Å². The second-order valence-electron chi connectivity index (χ2n) is 3.18. The van der Waals surface area contributed by atoms with Crippen molar-refractivity contribution in [3.05, 3.63) is 0 Å². The number of nitrogens with zero attached hydrogens (tertiary/aromatic N) is 1. The molecule has 1 heterocycles. The molecule has 72 valence electrons. The van der Waals surface area contributed by atoms with Gasteiger partial charge in [-0.2, -0.15) is 5.26 Å². The van der Waals surface area contributed by atoms with Gasteiger partial charge in [0.15, 0.2) is 6.10 Å². The van der Waals surface area contributed by atoms with E-state index in [-0.39, 0.29) is 18.0 Å². The van der Waals surface area contributed by atoms with Crippen LogP contribution in [-0.2, 0) is 14.3 Å². The molecule has 1 fully saturated rings. The first kappa shape index (κ1) is 10.0. The zero-order valence-corrected chi connectivity index (χ0v) is 7.82. The van der Waals surface area contributed by atoms with Crippen LogP contribution < -0.4 is 0 Å². The fraction of sp³-hybridized carbons (Fsp3) is 0.778. The summed E-state index contributed by atoms with van der Waals surface area (Å²) in [4.78, 5) is 11.4. The predicted octanol–water partition coefficient (Wildman–Crippen LogP) is 0.867. The molecular weight excluding hydrogens is 170 g/mol. The maximum absolute atomic E-state index is 11.4. The van der Waals surface area contributed by atoms with Gasteiger partial charge in [-0.15, -0.1) is 0 Å². The van der Waals surface area contributed by atoms with Gasteiger partial charge in [-0.3, -0.25) is 4.79 Å². The number of rotatable bonds is 2. The maximum atomic E-state index is 11.4. The van der Waals surface area contributed by atoms with E-state index in [1.807, 2.05) is 13.0 Å². The SMILES string of the molecule is CC(C#N)OC(=O)C1CCOC1C. The van der Waals surface area contributed by atoms with Gasteiger partial charge in [-0.05, 0) is 20.3 Å². The number of ether oxygens (including phenoxy) is 2. The second kappa shape index (κ2) is 4.24. The monoisotopic (exact) mass is 183 g/mol. The lowest BCUT2D eigenvalue weighted by atomic mass is 10.0. The molecule has 0 bridgehead atoms. The van der Waals surface area contributed by atoms with Crippen LogP contribution in [0.3, 0.4) is 0 Å². The van der Waals surface area contributed by atoms with Crippen LogP contribution in [0.2, 0.25) is 0 Å². The van der Waals surface area contributed by atoms with Crippen molar-refractivity contribution in [2.45, 2.75) is 32.5 Å². The standard InChI is InChI=1S/C9H13NO3/c1-6(5-10)13-9(11)8-3-4-12-7(8)2/h6-8H,3-4H2,1-2H3. The molecule has 1 rings (SSSR count). The van der Waals surface area contributed by atoms with Crippen molar-refractivity contribution in [3.8, 4) is 6.07 Å². The van der Waals surface area contributed by atoms with Crippen LogP contribution in [-0.4, -0.2) is 24.8 Å². The lowest BCUT2D eigenvalue weighted by Gasteiger charge is -2.13. The average molecular weight is 183 g/mol. The van der Waals surface area contributed by atoms with Gasteiger partial charge < -0.3 is 9.47 Å². The number of hydrogen-bond acceptors (Lipinski definition) is 4. The Morgan fingerprint density at radius 3 is 2.92 bits per heavy atom. The fourth-order valence-electron chi connectivity index (χ4n) is 1.33. The zero-order chi connectivity index (χ0) is 9.84. The Labute approximate surface area is 77.4 Å². The van der Waals surface area contributed by atoms with Gasteiger partial charge >= 0.3 is 5.97 Å². The summed E-state index contributed by atoms with van der Waals surface area (Å²) in [5.41, 5.74) is 0. The Morgan fingerprint density at radius 1 is 1.77 bits per heavy atom. The van der Waals surface area contributed by atoms with Crippen molar-refractivity contribution >= 4 is 5.97 Å². The van der Waals surface area contributed by atoms with Crippen molar-refractivity contribution in [3.63, 3.8) is 0 Å². The molecule has 0 saturated carbocycles. The Bertz CT molecular complexity index is 234. The van der Waals surface area contributed by atoms with Gasteiger partial charge in [-0.25, -0.2) is 0 Å². The van der Waals surface area contributed by atoms with Crippen LogP contribution in [0.5, 0.6) is 0 Å². The molecule has 1 aliphatic rings. The number of carbonyl (C=O) groups is 1. The van der Waals surface area contributed by atoms with Gasteiger partial charge in [0.05, 0.1) is 12.0 Å². The fourth-order valence-corrected chi connectivity index (χ4v) is 1.33. The molecule has 0 N–H and O–H groups in total. The third kappa shape index (κ3) is 2.43. The summed E-state index contributed by atoms with van der Waals surface area (Å²) < 4.78 is 10.1. The minimum absolute atomic E-state index is 0.0848. The summed E-state index contributed by atoms with van der Waals surface area (Å²) in [5, 5.41) is 8.43. The molecule has 3 unspecified atom stereocenters. The summed E-state index contributed by atoms with van der Waals surface area (Å²) >= 11 is 0. The van der Waals surface area contributed by atoms with Crippen LogP contribution >= 0.6 is 0 Å². The normalized spacial score (nSPS) is 29.3. The minimum atomic E-state index is -0.666. The van der Waals surface area contributed by atoms with Crippen molar-refractivity contribution < 1.29 is 14.3 Å². The first-order chi connectivity index (χ1) is 6.15. The highest BCUT2D eigenvalue weighted by Gasteiger charge is 2.32. The average Bonchev–Trinajstić information content (AvgIpc) is 2.51. The Kier molecular flexibility index (Phi) is 3.26. The molecule has 4 nitrogen and oxygen atoms in total. The number of carbonyl (C=O) groups excluding carboxylic acids is 1. The molecule has 4 heteroatoms. The number of hydrogen-bond donors (Lipinski definition) is 0. The summed E-state index contributed by atoms with van der Waals surface area (Å²) in [7, 11) is 0. The molecule has 13 heavy (non-hydrogen) atoms. The quantitative estimate of drug-likeness (QED) is 0.596. The van der Waals surface area contributed by atoms with Crippen molar-refractivity contribution in [2.24, 2.45) is 5.92 Å². The molecular formula is C9H13NO3. The second-order valence-corrected chi connectivity index (χ2v) is 3.18. The molecule has 0 spiro atoms. The van der Waals surface area contributed by atoms with Crippen LogP contribution in [0.1, 0.15) is 20.3 Å². The van der Waals surface area contributed by atoms with Crippen molar-refractivity contribution in [1.82, 2.24) is 0 Å². The largest absolute Gasteiger partial charge is 0.447 e. The molecule has 0 amide bonds. The molecule has 0 radical (unpaired) electrons. The topological polar surface area (TPSA) is 59.3 Å². The Hall–Kier alpha value is -1.08. The third-order valence-corrected chi connectivity index (χ3v) is 2.15.